The van der Waals surface area contributed by atoms with Crippen LogP contribution in [-0.4, -0.2) is 57.7 Å². The van der Waals surface area contributed by atoms with Crippen LogP contribution in [0.1, 0.15) is 54.1 Å². The summed E-state index contributed by atoms with van der Waals surface area (Å²) in [6.45, 7) is -0.0666. The lowest BCUT2D eigenvalue weighted by atomic mass is 9.78. The molecule has 2 aromatic carbocycles. The van der Waals surface area contributed by atoms with E-state index in [1.54, 1.807) is 40.8 Å². The summed E-state index contributed by atoms with van der Waals surface area (Å²) < 4.78 is 14.7. The Kier molecular flexibility index (Phi) is 7.70. The van der Waals surface area contributed by atoms with E-state index in [1.165, 1.54) is 0 Å². The minimum atomic E-state index is -1.02. The highest BCUT2D eigenvalue weighted by molar-refractivity contribution is 6.01. The number of benzene rings is 2. The zero-order valence-electron chi connectivity index (χ0n) is 22.1. The predicted octanol–water partition coefficient (Wildman–Crippen LogP) is 4.30. The van der Waals surface area contributed by atoms with Gasteiger partial charge in [0.1, 0.15) is 18.4 Å². The van der Waals surface area contributed by atoms with E-state index >= 15 is 0 Å². The highest BCUT2D eigenvalue weighted by Crippen LogP contribution is 2.38. The first-order valence-corrected chi connectivity index (χ1v) is 13.6. The summed E-state index contributed by atoms with van der Waals surface area (Å²) in [5.74, 6) is -1.57. The van der Waals surface area contributed by atoms with Gasteiger partial charge in [-0.15, -0.1) is 0 Å². The van der Waals surface area contributed by atoms with Gasteiger partial charge in [0.2, 0.25) is 11.8 Å². The molecule has 0 spiro atoms. The van der Waals surface area contributed by atoms with Gasteiger partial charge in [0, 0.05) is 48.1 Å². The smallest absolute Gasteiger partial charge is 0.352 e. The number of aromatic nitrogens is 1. The number of nitrogens with zero attached hydrogens (tertiary/aromatic N) is 2. The standard InChI is InChI=1S/C30H35FN4O4/c1-34-25-12-11-22(15-21(25)16-26(34)30(38)39)33-28(36)27-23(18-5-3-2-4-6-18)13-14-35(27)29(37)20-9-7-19(8-10-20)24(32)17-31/h2-6,11-12,15-16,19-20,23-24,27H,7-10,13-14,17,32H2,1H3,(H,33,36)(H,38,39)/t19-,20-,23-,24+,27-/m0/s1. The maximum atomic E-state index is 13.8. The van der Waals surface area contributed by atoms with E-state index in [4.69, 9.17) is 5.73 Å². The molecule has 0 bridgehead atoms. The largest absolute Gasteiger partial charge is 0.477 e. The number of amides is 2. The zero-order valence-corrected chi connectivity index (χ0v) is 22.1. The Morgan fingerprint density at radius 3 is 2.44 bits per heavy atom. The highest BCUT2D eigenvalue weighted by Gasteiger charge is 2.44. The van der Waals surface area contributed by atoms with Gasteiger partial charge < -0.3 is 25.6 Å². The van der Waals surface area contributed by atoms with E-state index in [2.05, 4.69) is 5.32 Å². The Bertz CT molecular complexity index is 1370. The summed E-state index contributed by atoms with van der Waals surface area (Å²) in [4.78, 5) is 40.9. The molecular formula is C30H35FN4O4. The number of likely N-dealkylation sites (tertiary alicyclic amines) is 1. The number of rotatable bonds is 7. The summed E-state index contributed by atoms with van der Waals surface area (Å²) in [7, 11) is 1.69. The summed E-state index contributed by atoms with van der Waals surface area (Å²) in [5.41, 5.74) is 8.37. The number of halogens is 1. The van der Waals surface area contributed by atoms with Crippen LogP contribution in [0.15, 0.2) is 54.6 Å². The Morgan fingerprint density at radius 2 is 1.77 bits per heavy atom. The Hall–Kier alpha value is -3.72. The second-order valence-electron chi connectivity index (χ2n) is 10.9. The molecule has 9 heteroatoms. The molecular weight excluding hydrogens is 499 g/mol. The van der Waals surface area contributed by atoms with E-state index < -0.39 is 24.7 Å². The molecule has 1 aliphatic heterocycles. The molecule has 3 aromatic rings. The molecule has 4 N–H and O–H groups in total. The second kappa shape index (κ2) is 11.2. The first-order chi connectivity index (χ1) is 18.8. The molecule has 5 rings (SSSR count). The molecule has 2 aliphatic rings. The van der Waals surface area contributed by atoms with Crippen molar-refractivity contribution in [3.8, 4) is 0 Å². The summed E-state index contributed by atoms with van der Waals surface area (Å²) >= 11 is 0. The van der Waals surface area contributed by atoms with Gasteiger partial charge in [0.25, 0.3) is 0 Å². The lowest BCUT2D eigenvalue weighted by Crippen LogP contribution is -2.48. The van der Waals surface area contributed by atoms with Crippen LogP contribution in [0.5, 0.6) is 0 Å². The van der Waals surface area contributed by atoms with E-state index in [1.807, 2.05) is 30.3 Å². The molecule has 0 unspecified atom stereocenters. The normalized spacial score (nSPS) is 24.0. The summed E-state index contributed by atoms with van der Waals surface area (Å²) in [5, 5.41) is 13.2. The molecule has 3 atom stereocenters. The van der Waals surface area contributed by atoms with Crippen LogP contribution in [0.3, 0.4) is 0 Å². The van der Waals surface area contributed by atoms with E-state index in [0.717, 1.165) is 11.1 Å². The van der Waals surface area contributed by atoms with Crippen molar-refractivity contribution in [2.24, 2.45) is 24.6 Å². The topological polar surface area (TPSA) is 118 Å². The van der Waals surface area contributed by atoms with Crippen LogP contribution in [0.25, 0.3) is 10.9 Å². The fraction of sp³-hybridized carbons (Fsp3) is 0.433. The van der Waals surface area contributed by atoms with Crippen molar-refractivity contribution >= 4 is 34.4 Å². The monoisotopic (exact) mass is 534 g/mol. The van der Waals surface area contributed by atoms with Gasteiger partial charge in [-0.05, 0) is 67.9 Å². The van der Waals surface area contributed by atoms with Gasteiger partial charge >= 0.3 is 5.97 Å². The fourth-order valence-corrected chi connectivity index (χ4v) is 6.42. The Balaban J connectivity index is 1.38. The van der Waals surface area contributed by atoms with Crippen molar-refractivity contribution in [2.75, 3.05) is 18.5 Å². The molecule has 8 nitrogen and oxygen atoms in total. The number of fused-ring (bicyclic) bond motifs is 1. The average Bonchev–Trinajstić information content (AvgIpc) is 3.54. The number of carboxylic acids is 1. The van der Waals surface area contributed by atoms with Gasteiger partial charge in [-0.2, -0.15) is 0 Å². The minimum absolute atomic E-state index is 0.0227. The van der Waals surface area contributed by atoms with Crippen molar-refractivity contribution in [3.63, 3.8) is 0 Å². The van der Waals surface area contributed by atoms with Crippen LogP contribution in [0.2, 0.25) is 0 Å². The molecule has 2 amide bonds. The van der Waals surface area contributed by atoms with Crippen molar-refractivity contribution in [2.45, 2.75) is 50.1 Å². The van der Waals surface area contributed by atoms with E-state index in [0.29, 0.717) is 49.7 Å². The van der Waals surface area contributed by atoms with Crippen molar-refractivity contribution in [1.29, 1.82) is 0 Å². The number of aromatic carboxylic acids is 1. The number of nitrogens with one attached hydrogen (secondary N) is 1. The number of nitrogens with two attached hydrogens (primary N) is 1. The summed E-state index contributed by atoms with van der Waals surface area (Å²) in [6.07, 6.45) is 3.40. The number of alkyl halides is 1. The van der Waals surface area contributed by atoms with E-state index in [9.17, 15) is 23.9 Å². The highest BCUT2D eigenvalue weighted by atomic mass is 19.1. The lowest BCUT2D eigenvalue weighted by Gasteiger charge is -2.35. The predicted molar refractivity (Wildman–Crippen MR) is 147 cm³/mol. The number of hydrogen-bond donors (Lipinski definition) is 3. The number of aryl methyl sites for hydroxylation is 1. The third-order valence-corrected chi connectivity index (χ3v) is 8.61. The molecule has 206 valence electrons. The quantitative estimate of drug-likeness (QED) is 0.418. The molecule has 1 saturated carbocycles. The van der Waals surface area contributed by atoms with Crippen LogP contribution < -0.4 is 11.1 Å². The summed E-state index contributed by atoms with van der Waals surface area (Å²) in [6, 6.07) is 15.5. The van der Waals surface area contributed by atoms with Crippen molar-refractivity contribution in [3.05, 3.63) is 65.9 Å². The molecule has 1 saturated heterocycles. The molecule has 2 fully saturated rings. The first kappa shape index (κ1) is 26.9. The third-order valence-electron chi connectivity index (χ3n) is 8.61. The fourth-order valence-electron chi connectivity index (χ4n) is 6.42. The van der Waals surface area contributed by atoms with Crippen molar-refractivity contribution < 1.29 is 23.9 Å². The van der Waals surface area contributed by atoms with Crippen LogP contribution in [0.4, 0.5) is 10.1 Å². The third kappa shape index (κ3) is 5.28. The van der Waals surface area contributed by atoms with Gasteiger partial charge in [-0.3, -0.25) is 9.59 Å². The first-order valence-electron chi connectivity index (χ1n) is 13.6. The number of carbonyl (C=O) groups is 3. The van der Waals surface area contributed by atoms with Gasteiger partial charge in [0.05, 0.1) is 0 Å². The minimum Gasteiger partial charge on any atom is -0.477 e. The number of hydrogen-bond acceptors (Lipinski definition) is 4. The lowest BCUT2D eigenvalue weighted by molar-refractivity contribution is -0.141. The number of anilines is 1. The van der Waals surface area contributed by atoms with Crippen LogP contribution in [0, 0.1) is 11.8 Å². The second-order valence-corrected chi connectivity index (χ2v) is 10.9. The maximum Gasteiger partial charge on any atom is 0.352 e. The van der Waals surface area contributed by atoms with Gasteiger partial charge in [-0.1, -0.05) is 30.3 Å². The Morgan fingerprint density at radius 1 is 1.05 bits per heavy atom. The molecule has 2 heterocycles. The van der Waals surface area contributed by atoms with Crippen LogP contribution in [-0.2, 0) is 16.6 Å². The molecule has 0 radical (unpaired) electrons. The molecule has 39 heavy (non-hydrogen) atoms. The van der Waals surface area contributed by atoms with Crippen molar-refractivity contribution in [1.82, 2.24) is 9.47 Å². The average molecular weight is 535 g/mol. The number of carboxylic acid groups (broad SMARTS) is 1. The zero-order chi connectivity index (χ0) is 27.7. The maximum absolute atomic E-state index is 13.8. The Labute approximate surface area is 227 Å². The molecule has 1 aliphatic carbocycles. The molecule has 1 aromatic heterocycles. The van der Waals surface area contributed by atoms with E-state index in [-0.39, 0.29) is 35.3 Å². The van der Waals surface area contributed by atoms with Gasteiger partial charge in [-0.25, -0.2) is 9.18 Å². The SMILES string of the molecule is Cn1c(C(=O)O)cc2cc(NC(=O)[C@@H]3[C@H](c4ccccc4)CCN3C(=O)[C@H]3CC[C@H]([C@H](N)CF)CC3)ccc21. The number of carbonyl (C=O) groups excluding carboxylic acids is 2. The van der Waals surface area contributed by atoms with Gasteiger partial charge in [0.15, 0.2) is 0 Å². The van der Waals surface area contributed by atoms with Crippen LogP contribution >= 0.6 is 0 Å².